The molecule has 20 heavy (non-hydrogen) atoms. The fraction of sp³-hybridized carbons (Fsp3) is 0.118. The van der Waals surface area contributed by atoms with Crippen molar-refractivity contribution in [1.82, 2.24) is 4.98 Å². The first-order valence-corrected chi connectivity index (χ1v) is 7.13. The maximum Gasteiger partial charge on any atom is 0.0739 e. The molecule has 0 spiro atoms. The third-order valence-electron chi connectivity index (χ3n) is 3.24. The Morgan fingerprint density at radius 2 is 1.55 bits per heavy atom. The summed E-state index contributed by atoms with van der Waals surface area (Å²) in [6, 6.07) is 14.0. The highest BCUT2D eigenvalue weighted by Gasteiger charge is 2.06. The van der Waals surface area contributed by atoms with E-state index in [0.717, 1.165) is 22.2 Å². The third-order valence-corrected chi connectivity index (χ3v) is 3.77. The summed E-state index contributed by atoms with van der Waals surface area (Å²) >= 11 is 12.2. The number of rotatable bonds is 1. The molecule has 0 saturated heterocycles. The van der Waals surface area contributed by atoms with E-state index < -0.39 is 0 Å². The molecule has 2 aromatic carbocycles. The molecule has 0 radical (unpaired) electrons. The van der Waals surface area contributed by atoms with Gasteiger partial charge < -0.3 is 0 Å². The van der Waals surface area contributed by atoms with Gasteiger partial charge in [0.15, 0.2) is 0 Å². The van der Waals surface area contributed by atoms with E-state index in [9.17, 15) is 0 Å². The van der Waals surface area contributed by atoms with Gasteiger partial charge in [0, 0.05) is 16.0 Å². The van der Waals surface area contributed by atoms with Crippen LogP contribution in [0.5, 0.6) is 0 Å². The number of aromatic nitrogens is 1. The largest absolute Gasteiger partial charge is 0.248 e. The van der Waals surface area contributed by atoms with Gasteiger partial charge >= 0.3 is 0 Å². The third kappa shape index (κ3) is 2.52. The van der Waals surface area contributed by atoms with Gasteiger partial charge in [-0.25, -0.2) is 4.98 Å². The minimum Gasteiger partial charge on any atom is -0.248 e. The highest BCUT2D eigenvalue weighted by Crippen LogP contribution is 2.29. The van der Waals surface area contributed by atoms with Gasteiger partial charge in [0.2, 0.25) is 0 Å². The van der Waals surface area contributed by atoms with Gasteiger partial charge in [0.1, 0.15) is 0 Å². The summed E-state index contributed by atoms with van der Waals surface area (Å²) in [7, 11) is 0. The smallest absolute Gasteiger partial charge is 0.0739 e. The van der Waals surface area contributed by atoms with Crippen molar-refractivity contribution in [3.63, 3.8) is 0 Å². The lowest BCUT2D eigenvalue weighted by atomic mass is 10.0. The SMILES string of the molecule is Cc1cc(C)cc(-c2ccc3c(Cl)cc(Cl)cc3n2)c1. The van der Waals surface area contributed by atoms with E-state index in [1.807, 2.05) is 18.2 Å². The Balaban J connectivity index is 2.22. The first kappa shape index (κ1) is 13.4. The van der Waals surface area contributed by atoms with Gasteiger partial charge in [-0.15, -0.1) is 0 Å². The average Bonchev–Trinajstić information content (AvgIpc) is 2.36. The van der Waals surface area contributed by atoms with Crippen molar-refractivity contribution in [2.75, 3.05) is 0 Å². The maximum atomic E-state index is 6.19. The molecule has 1 aromatic heterocycles. The summed E-state index contributed by atoms with van der Waals surface area (Å²) in [5.41, 5.74) is 5.32. The summed E-state index contributed by atoms with van der Waals surface area (Å²) in [4.78, 5) is 4.68. The molecule has 0 saturated carbocycles. The predicted molar refractivity (Wildman–Crippen MR) is 86.7 cm³/mol. The molecule has 0 aliphatic carbocycles. The van der Waals surface area contributed by atoms with E-state index in [4.69, 9.17) is 23.2 Å². The molecule has 0 atom stereocenters. The maximum absolute atomic E-state index is 6.19. The first-order chi connectivity index (χ1) is 9.52. The Hall–Kier alpha value is -1.57. The van der Waals surface area contributed by atoms with Gasteiger partial charge in [0.25, 0.3) is 0 Å². The standard InChI is InChI=1S/C17H13Cl2N/c1-10-5-11(2)7-12(6-10)16-4-3-14-15(19)8-13(18)9-17(14)20-16/h3-9H,1-2H3. The van der Waals surface area contributed by atoms with E-state index in [1.165, 1.54) is 11.1 Å². The summed E-state index contributed by atoms with van der Waals surface area (Å²) in [5, 5.41) is 2.16. The molecule has 0 N–H and O–H groups in total. The van der Waals surface area contributed by atoms with Gasteiger partial charge in [-0.2, -0.15) is 0 Å². The van der Waals surface area contributed by atoms with E-state index in [0.29, 0.717) is 10.0 Å². The van der Waals surface area contributed by atoms with Crippen LogP contribution in [0, 0.1) is 13.8 Å². The number of nitrogens with zero attached hydrogens (tertiary/aromatic N) is 1. The zero-order valence-electron chi connectivity index (χ0n) is 11.2. The van der Waals surface area contributed by atoms with Crippen molar-refractivity contribution in [3.8, 4) is 11.3 Å². The predicted octanol–water partition coefficient (Wildman–Crippen LogP) is 5.83. The number of pyridine rings is 1. The van der Waals surface area contributed by atoms with Crippen molar-refractivity contribution < 1.29 is 0 Å². The second kappa shape index (κ2) is 5.08. The fourth-order valence-corrected chi connectivity index (χ4v) is 2.99. The lowest BCUT2D eigenvalue weighted by Gasteiger charge is -2.07. The zero-order chi connectivity index (χ0) is 14.3. The molecule has 3 aromatic rings. The quantitative estimate of drug-likeness (QED) is 0.551. The number of aryl methyl sites for hydroxylation is 2. The van der Waals surface area contributed by atoms with Crippen LogP contribution in [0.3, 0.4) is 0 Å². The van der Waals surface area contributed by atoms with Crippen LogP contribution in [-0.4, -0.2) is 4.98 Å². The molecule has 0 bridgehead atoms. The van der Waals surface area contributed by atoms with Gasteiger partial charge in [0.05, 0.1) is 16.2 Å². The molecule has 100 valence electrons. The Morgan fingerprint density at radius 1 is 0.850 bits per heavy atom. The van der Waals surface area contributed by atoms with Crippen LogP contribution in [0.2, 0.25) is 10.0 Å². The fourth-order valence-electron chi connectivity index (χ4n) is 2.44. The van der Waals surface area contributed by atoms with Gasteiger partial charge in [-0.1, -0.05) is 40.4 Å². The molecule has 3 rings (SSSR count). The van der Waals surface area contributed by atoms with E-state index >= 15 is 0 Å². The van der Waals surface area contributed by atoms with Crippen LogP contribution < -0.4 is 0 Å². The summed E-state index contributed by atoms with van der Waals surface area (Å²) < 4.78 is 0. The number of benzene rings is 2. The normalized spacial score (nSPS) is 11.0. The van der Waals surface area contributed by atoms with Crippen LogP contribution >= 0.6 is 23.2 Å². The molecule has 0 aliphatic heterocycles. The Kier molecular flexibility index (Phi) is 3.41. The van der Waals surface area contributed by atoms with E-state index in [1.54, 1.807) is 6.07 Å². The number of hydrogen-bond donors (Lipinski definition) is 0. The molecule has 0 unspecified atom stereocenters. The summed E-state index contributed by atoms with van der Waals surface area (Å²) in [6.07, 6.45) is 0. The molecule has 1 nitrogen and oxygen atoms in total. The minimum absolute atomic E-state index is 0.604. The van der Waals surface area contributed by atoms with Crippen molar-refractivity contribution in [2.24, 2.45) is 0 Å². The lowest BCUT2D eigenvalue weighted by Crippen LogP contribution is -1.88. The number of hydrogen-bond acceptors (Lipinski definition) is 1. The average molecular weight is 302 g/mol. The van der Waals surface area contributed by atoms with E-state index in [-0.39, 0.29) is 0 Å². The Bertz CT molecular complexity index is 789. The zero-order valence-corrected chi connectivity index (χ0v) is 12.8. The monoisotopic (exact) mass is 301 g/mol. The van der Waals surface area contributed by atoms with Crippen molar-refractivity contribution in [3.05, 3.63) is 63.6 Å². The number of halogens is 2. The Labute approximate surface area is 128 Å². The topological polar surface area (TPSA) is 12.9 Å². The molecule has 0 aliphatic rings. The van der Waals surface area contributed by atoms with Gasteiger partial charge in [-0.05, 0) is 50.2 Å². The summed E-state index contributed by atoms with van der Waals surface area (Å²) in [6.45, 7) is 4.18. The second-order valence-electron chi connectivity index (χ2n) is 5.03. The molecule has 1 heterocycles. The van der Waals surface area contributed by atoms with Crippen LogP contribution in [0.4, 0.5) is 0 Å². The van der Waals surface area contributed by atoms with Crippen LogP contribution in [-0.2, 0) is 0 Å². The number of fused-ring (bicyclic) bond motifs is 1. The second-order valence-corrected chi connectivity index (χ2v) is 5.87. The molecule has 3 heteroatoms. The Morgan fingerprint density at radius 3 is 2.25 bits per heavy atom. The van der Waals surface area contributed by atoms with Gasteiger partial charge in [-0.3, -0.25) is 0 Å². The van der Waals surface area contributed by atoms with Crippen LogP contribution in [0.25, 0.3) is 22.2 Å². The molecular formula is C17H13Cl2N. The van der Waals surface area contributed by atoms with Crippen LogP contribution in [0.15, 0.2) is 42.5 Å². The highest BCUT2D eigenvalue weighted by atomic mass is 35.5. The lowest BCUT2D eigenvalue weighted by molar-refractivity contribution is 1.34. The minimum atomic E-state index is 0.604. The van der Waals surface area contributed by atoms with Crippen molar-refractivity contribution in [2.45, 2.75) is 13.8 Å². The molecule has 0 amide bonds. The molecular weight excluding hydrogens is 289 g/mol. The van der Waals surface area contributed by atoms with Crippen molar-refractivity contribution in [1.29, 1.82) is 0 Å². The van der Waals surface area contributed by atoms with Crippen LogP contribution in [0.1, 0.15) is 11.1 Å². The summed E-state index contributed by atoms with van der Waals surface area (Å²) in [5.74, 6) is 0. The first-order valence-electron chi connectivity index (χ1n) is 6.37. The highest BCUT2D eigenvalue weighted by molar-refractivity contribution is 6.38. The van der Waals surface area contributed by atoms with E-state index in [2.05, 4.69) is 37.0 Å². The van der Waals surface area contributed by atoms with Crippen molar-refractivity contribution >= 4 is 34.1 Å². The molecule has 0 fully saturated rings.